The fraction of sp³-hybridized carbons (Fsp3) is 0.458. The highest BCUT2D eigenvalue weighted by molar-refractivity contribution is 5.76. The van der Waals surface area contributed by atoms with Crippen LogP contribution in [0.5, 0.6) is 17.2 Å². The van der Waals surface area contributed by atoms with Crippen LogP contribution in [-0.4, -0.2) is 63.2 Å². The lowest BCUT2D eigenvalue weighted by molar-refractivity contribution is -0.131. The minimum atomic E-state index is 0.200. The Morgan fingerprint density at radius 2 is 1.60 bits per heavy atom. The number of methoxy groups -OCH3 is 3. The van der Waals surface area contributed by atoms with Crippen molar-refractivity contribution in [2.24, 2.45) is 0 Å². The highest BCUT2D eigenvalue weighted by atomic mass is 16.5. The van der Waals surface area contributed by atoms with Crippen molar-refractivity contribution in [2.45, 2.75) is 25.8 Å². The van der Waals surface area contributed by atoms with E-state index >= 15 is 0 Å². The van der Waals surface area contributed by atoms with E-state index in [1.807, 2.05) is 35.2 Å². The predicted molar refractivity (Wildman–Crippen MR) is 117 cm³/mol. The molecule has 0 N–H and O–H groups in total. The molecule has 1 heterocycles. The van der Waals surface area contributed by atoms with Crippen LogP contribution in [0, 0.1) is 0 Å². The monoisotopic (exact) mass is 412 g/mol. The first-order valence-electron chi connectivity index (χ1n) is 10.5. The minimum absolute atomic E-state index is 0.200. The highest BCUT2D eigenvalue weighted by Gasteiger charge is 2.19. The number of ether oxygens (including phenoxy) is 3. The highest BCUT2D eigenvalue weighted by Crippen LogP contribution is 2.25. The van der Waals surface area contributed by atoms with E-state index in [-0.39, 0.29) is 5.91 Å². The van der Waals surface area contributed by atoms with E-state index in [4.69, 9.17) is 14.2 Å². The lowest BCUT2D eigenvalue weighted by Gasteiger charge is -2.22. The van der Waals surface area contributed by atoms with Crippen molar-refractivity contribution in [3.8, 4) is 17.2 Å². The normalized spacial score (nSPS) is 14.8. The van der Waals surface area contributed by atoms with Gasteiger partial charge in [-0.2, -0.15) is 0 Å². The Kier molecular flexibility index (Phi) is 7.97. The standard InChI is InChI=1S/C24H32N2O4/c1-28-21-8-5-19(6-9-21)18-25-13-4-14-26(16-15-25)24(27)12-7-20-17-22(29-2)10-11-23(20)30-3/h5-6,8-11,17H,4,7,12-16,18H2,1-3H3. The molecule has 1 fully saturated rings. The Balaban J connectivity index is 1.51. The maximum Gasteiger partial charge on any atom is 0.222 e. The Hall–Kier alpha value is -2.73. The van der Waals surface area contributed by atoms with Crippen LogP contribution in [0.25, 0.3) is 0 Å². The van der Waals surface area contributed by atoms with Gasteiger partial charge < -0.3 is 19.1 Å². The molecule has 1 amide bonds. The molecule has 1 aliphatic rings. The topological polar surface area (TPSA) is 51.2 Å². The van der Waals surface area contributed by atoms with Crippen LogP contribution in [0.15, 0.2) is 42.5 Å². The molecular weight excluding hydrogens is 380 g/mol. The van der Waals surface area contributed by atoms with Crippen molar-refractivity contribution in [3.05, 3.63) is 53.6 Å². The fourth-order valence-corrected chi connectivity index (χ4v) is 3.84. The molecule has 2 aromatic rings. The average molecular weight is 413 g/mol. The fourth-order valence-electron chi connectivity index (χ4n) is 3.84. The van der Waals surface area contributed by atoms with E-state index in [0.29, 0.717) is 12.8 Å². The zero-order valence-electron chi connectivity index (χ0n) is 18.2. The van der Waals surface area contributed by atoms with E-state index in [2.05, 4.69) is 17.0 Å². The summed E-state index contributed by atoms with van der Waals surface area (Å²) in [6.45, 7) is 4.37. The van der Waals surface area contributed by atoms with Gasteiger partial charge in [0, 0.05) is 39.1 Å². The molecule has 0 aromatic heterocycles. The summed E-state index contributed by atoms with van der Waals surface area (Å²) in [5.41, 5.74) is 2.27. The summed E-state index contributed by atoms with van der Waals surface area (Å²) in [7, 11) is 4.98. The second-order valence-electron chi connectivity index (χ2n) is 7.54. The summed E-state index contributed by atoms with van der Waals surface area (Å²) in [4.78, 5) is 17.3. The van der Waals surface area contributed by atoms with Gasteiger partial charge in [-0.1, -0.05) is 12.1 Å². The quantitative estimate of drug-likeness (QED) is 0.665. The van der Waals surface area contributed by atoms with Crippen LogP contribution in [-0.2, 0) is 17.8 Å². The number of carbonyl (C=O) groups excluding carboxylic acids is 1. The molecule has 0 atom stereocenters. The van der Waals surface area contributed by atoms with Gasteiger partial charge in [0.25, 0.3) is 0 Å². The van der Waals surface area contributed by atoms with E-state index in [1.165, 1.54) is 5.56 Å². The second-order valence-corrected chi connectivity index (χ2v) is 7.54. The van der Waals surface area contributed by atoms with Crippen molar-refractivity contribution in [1.29, 1.82) is 0 Å². The summed E-state index contributed by atoms with van der Waals surface area (Å²) < 4.78 is 16.0. The maximum atomic E-state index is 12.8. The van der Waals surface area contributed by atoms with Crippen molar-refractivity contribution >= 4 is 5.91 Å². The number of hydrogen-bond donors (Lipinski definition) is 0. The Morgan fingerprint density at radius 1 is 0.867 bits per heavy atom. The minimum Gasteiger partial charge on any atom is -0.497 e. The molecule has 0 unspecified atom stereocenters. The molecule has 162 valence electrons. The molecule has 0 radical (unpaired) electrons. The molecular formula is C24H32N2O4. The van der Waals surface area contributed by atoms with Gasteiger partial charge in [-0.15, -0.1) is 0 Å². The first-order chi connectivity index (χ1) is 14.6. The predicted octanol–water partition coefficient (Wildman–Crippen LogP) is 3.38. The van der Waals surface area contributed by atoms with E-state index in [0.717, 1.165) is 62.0 Å². The molecule has 0 aliphatic carbocycles. The van der Waals surface area contributed by atoms with E-state index in [9.17, 15) is 4.79 Å². The van der Waals surface area contributed by atoms with E-state index < -0.39 is 0 Å². The first kappa shape index (κ1) is 22.0. The first-order valence-corrected chi connectivity index (χ1v) is 10.5. The van der Waals surface area contributed by atoms with Crippen molar-refractivity contribution in [2.75, 3.05) is 47.5 Å². The van der Waals surface area contributed by atoms with Crippen LogP contribution in [0.3, 0.4) is 0 Å². The number of benzene rings is 2. The summed E-state index contributed by atoms with van der Waals surface area (Å²) >= 11 is 0. The van der Waals surface area contributed by atoms with E-state index in [1.54, 1.807) is 21.3 Å². The van der Waals surface area contributed by atoms with Crippen LogP contribution in [0.2, 0.25) is 0 Å². The van der Waals surface area contributed by atoms with Crippen LogP contribution < -0.4 is 14.2 Å². The Labute approximate surface area is 179 Å². The molecule has 2 aromatic carbocycles. The van der Waals surface area contributed by atoms with Gasteiger partial charge in [-0.3, -0.25) is 9.69 Å². The Morgan fingerprint density at radius 3 is 2.30 bits per heavy atom. The average Bonchev–Trinajstić information content (AvgIpc) is 3.03. The number of amides is 1. The van der Waals surface area contributed by atoms with Gasteiger partial charge >= 0.3 is 0 Å². The number of carbonyl (C=O) groups is 1. The van der Waals surface area contributed by atoms with Gasteiger partial charge in [0.15, 0.2) is 0 Å². The maximum absolute atomic E-state index is 12.8. The van der Waals surface area contributed by atoms with Gasteiger partial charge in [0.2, 0.25) is 5.91 Å². The van der Waals surface area contributed by atoms with Gasteiger partial charge in [0.1, 0.15) is 17.2 Å². The third-order valence-corrected chi connectivity index (χ3v) is 5.60. The molecule has 0 spiro atoms. The third kappa shape index (κ3) is 5.89. The number of aryl methyl sites for hydroxylation is 1. The molecule has 6 nitrogen and oxygen atoms in total. The summed E-state index contributed by atoms with van der Waals surface area (Å²) in [5, 5.41) is 0. The molecule has 3 rings (SSSR count). The number of nitrogens with zero attached hydrogens (tertiary/aromatic N) is 2. The van der Waals surface area contributed by atoms with Crippen molar-refractivity contribution in [1.82, 2.24) is 9.80 Å². The molecule has 0 bridgehead atoms. The molecule has 30 heavy (non-hydrogen) atoms. The third-order valence-electron chi connectivity index (χ3n) is 5.60. The van der Waals surface area contributed by atoms with Crippen molar-refractivity contribution < 1.29 is 19.0 Å². The molecule has 6 heteroatoms. The van der Waals surface area contributed by atoms with Gasteiger partial charge in [-0.25, -0.2) is 0 Å². The lowest BCUT2D eigenvalue weighted by Crippen LogP contribution is -2.35. The Bertz CT molecular complexity index is 822. The summed E-state index contributed by atoms with van der Waals surface area (Å²) in [5.74, 6) is 2.65. The van der Waals surface area contributed by atoms with Crippen molar-refractivity contribution in [3.63, 3.8) is 0 Å². The van der Waals surface area contributed by atoms with Gasteiger partial charge in [-0.05, 0) is 54.3 Å². The molecule has 0 saturated carbocycles. The largest absolute Gasteiger partial charge is 0.497 e. The van der Waals surface area contributed by atoms with Crippen LogP contribution in [0.4, 0.5) is 0 Å². The van der Waals surface area contributed by atoms with Crippen LogP contribution >= 0.6 is 0 Å². The number of rotatable bonds is 8. The second kappa shape index (κ2) is 10.9. The molecule has 1 saturated heterocycles. The smallest absolute Gasteiger partial charge is 0.222 e. The zero-order chi connectivity index (χ0) is 21.3. The molecule has 1 aliphatic heterocycles. The summed E-state index contributed by atoms with van der Waals surface area (Å²) in [6.07, 6.45) is 2.11. The SMILES string of the molecule is COc1ccc(CN2CCCN(C(=O)CCc3cc(OC)ccc3OC)CC2)cc1. The van der Waals surface area contributed by atoms with Gasteiger partial charge in [0.05, 0.1) is 21.3 Å². The summed E-state index contributed by atoms with van der Waals surface area (Å²) in [6, 6.07) is 13.9. The zero-order valence-corrected chi connectivity index (χ0v) is 18.2. The van der Waals surface area contributed by atoms with Crippen LogP contribution in [0.1, 0.15) is 24.0 Å². The number of hydrogen-bond acceptors (Lipinski definition) is 5. The lowest BCUT2D eigenvalue weighted by atomic mass is 10.1.